The highest BCUT2D eigenvalue weighted by atomic mass is 28.4. The van der Waals surface area contributed by atoms with E-state index in [0.29, 0.717) is 5.91 Å². The average molecular weight is 150 g/mol. The molecule has 5 heteroatoms. The minimum atomic E-state index is -2.82. The maximum absolute atomic E-state index is 10.2. The van der Waals surface area contributed by atoms with Crippen LogP contribution in [0.4, 0.5) is 0 Å². The summed E-state index contributed by atoms with van der Waals surface area (Å²) in [6.45, 7) is 0. The van der Waals surface area contributed by atoms with Gasteiger partial charge in [0.1, 0.15) is 0 Å². The maximum atomic E-state index is 10.2. The quantitative estimate of drug-likeness (QED) is 0.413. The molecule has 4 nitrogen and oxygen atoms in total. The summed E-state index contributed by atoms with van der Waals surface area (Å²) in [6, 6.07) is 0. The van der Waals surface area contributed by atoms with Crippen LogP contribution < -0.4 is 0 Å². The highest BCUT2D eigenvalue weighted by molar-refractivity contribution is 6.91. The number of carbonyl (C=O) groups excluding carboxylic acids is 1. The molecule has 0 radical (unpaired) electrons. The van der Waals surface area contributed by atoms with Crippen LogP contribution in [0.25, 0.3) is 0 Å². The van der Waals surface area contributed by atoms with Crippen LogP contribution in [0, 0.1) is 0 Å². The molecule has 0 rings (SSSR count). The molecular formula is C4H10O4Si. The van der Waals surface area contributed by atoms with Gasteiger partial charge in [-0.15, -0.1) is 0 Å². The van der Waals surface area contributed by atoms with Crippen molar-refractivity contribution in [3.63, 3.8) is 0 Å². The lowest BCUT2D eigenvalue weighted by Gasteiger charge is -2.16. The van der Waals surface area contributed by atoms with Gasteiger partial charge in [-0.1, -0.05) is 0 Å². The first-order valence-electron chi connectivity index (χ1n) is 2.42. The molecule has 0 aliphatic heterocycles. The van der Waals surface area contributed by atoms with E-state index in [1.807, 2.05) is 0 Å². The van der Waals surface area contributed by atoms with E-state index in [4.69, 9.17) is 5.11 Å². The van der Waals surface area contributed by atoms with Crippen molar-refractivity contribution in [3.8, 4) is 0 Å². The molecule has 0 atom stereocenters. The Morgan fingerprint density at radius 3 is 2.00 bits per heavy atom. The Balaban J connectivity index is 3.98. The van der Waals surface area contributed by atoms with Crippen LogP contribution in [0.5, 0.6) is 0 Å². The third-order valence-corrected chi connectivity index (χ3v) is 3.27. The number of hydrogen-bond donors (Lipinski definition) is 1. The summed E-state index contributed by atoms with van der Waals surface area (Å²) in [5.41, 5.74) is 0. The summed E-state index contributed by atoms with van der Waals surface area (Å²) in [4.78, 5) is 10.2. The zero-order valence-electron chi connectivity index (χ0n) is 5.46. The summed E-state index contributed by atoms with van der Waals surface area (Å²) in [6.07, 6.45) is -0.330. The Bertz CT molecular complexity index is 82.3. The van der Waals surface area contributed by atoms with Crippen molar-refractivity contribution in [3.05, 3.63) is 0 Å². The lowest BCUT2D eigenvalue weighted by atomic mass is 11.7. The van der Waals surface area contributed by atoms with Crippen LogP contribution >= 0.6 is 0 Å². The zero-order chi connectivity index (χ0) is 7.33. The minimum Gasteiger partial charge on any atom is -0.394 e. The van der Waals surface area contributed by atoms with E-state index in [0.717, 1.165) is 0 Å². The van der Waals surface area contributed by atoms with Crippen LogP contribution in [0.15, 0.2) is 0 Å². The van der Waals surface area contributed by atoms with Crippen molar-refractivity contribution in [2.75, 3.05) is 20.4 Å². The van der Waals surface area contributed by atoms with Gasteiger partial charge in [0.2, 0.25) is 0 Å². The van der Waals surface area contributed by atoms with E-state index in [1.165, 1.54) is 14.2 Å². The fraction of sp³-hybridized carbons (Fsp3) is 0.750. The third kappa shape index (κ3) is 1.87. The number of aliphatic hydroxyl groups is 1. The Labute approximate surface area is 54.6 Å². The van der Waals surface area contributed by atoms with Crippen LogP contribution in [0.1, 0.15) is 0 Å². The maximum Gasteiger partial charge on any atom is 0.431 e. The largest absolute Gasteiger partial charge is 0.431 e. The molecule has 0 aromatic heterocycles. The second-order valence-electron chi connectivity index (χ2n) is 1.50. The minimum absolute atomic E-state index is 0.330. The molecule has 54 valence electrons. The summed E-state index contributed by atoms with van der Waals surface area (Å²) in [5.74, 6) is 0.549. The van der Waals surface area contributed by atoms with Crippen molar-refractivity contribution >= 4 is 14.5 Å². The number of rotatable bonds is 4. The van der Waals surface area contributed by atoms with Crippen LogP contribution in [0.3, 0.4) is 0 Å². The normalized spacial score (nSPS) is 11.4. The second-order valence-corrected chi connectivity index (χ2v) is 4.49. The highest BCUT2D eigenvalue weighted by Gasteiger charge is 2.34. The van der Waals surface area contributed by atoms with Gasteiger partial charge < -0.3 is 18.8 Å². The Hall–Kier alpha value is -0.233. The summed E-state index contributed by atoms with van der Waals surface area (Å²) >= 11 is 0. The van der Waals surface area contributed by atoms with Gasteiger partial charge in [0.25, 0.3) is 0 Å². The molecule has 1 N–H and O–H groups in total. The predicted molar refractivity (Wildman–Crippen MR) is 33.6 cm³/mol. The van der Waals surface area contributed by atoms with Crippen LogP contribution in [-0.2, 0) is 13.6 Å². The van der Waals surface area contributed by atoms with Gasteiger partial charge in [0.15, 0.2) is 5.91 Å². The lowest BCUT2D eigenvalue weighted by molar-refractivity contribution is 0.212. The van der Waals surface area contributed by atoms with Crippen molar-refractivity contribution in [1.82, 2.24) is 0 Å². The van der Waals surface area contributed by atoms with Gasteiger partial charge in [0, 0.05) is 14.2 Å². The van der Waals surface area contributed by atoms with E-state index < -0.39 is 8.56 Å². The molecule has 0 spiro atoms. The number of aliphatic hydroxyl groups excluding tert-OH is 1. The Morgan fingerprint density at radius 1 is 1.56 bits per heavy atom. The Kier molecular flexibility index (Phi) is 3.63. The van der Waals surface area contributed by atoms with Crippen LogP contribution in [-0.4, -0.2) is 40.0 Å². The molecule has 0 heterocycles. The monoisotopic (exact) mass is 150 g/mol. The summed E-state index contributed by atoms with van der Waals surface area (Å²) < 4.78 is 9.37. The van der Waals surface area contributed by atoms with Gasteiger partial charge in [0.05, 0.1) is 6.23 Å². The van der Waals surface area contributed by atoms with Gasteiger partial charge in [-0.25, -0.2) is 0 Å². The smallest absolute Gasteiger partial charge is 0.394 e. The standard InChI is InChI=1S/C4H10O4Si/c1-7-9(3-5,4-6)8-2/h3,6H,4H2,1-2H3. The van der Waals surface area contributed by atoms with Crippen molar-refractivity contribution in [2.24, 2.45) is 0 Å². The molecule has 0 saturated heterocycles. The molecule has 0 aliphatic carbocycles. The third-order valence-electron chi connectivity index (χ3n) is 1.09. The van der Waals surface area contributed by atoms with E-state index in [1.54, 1.807) is 0 Å². The molecule has 0 saturated carbocycles. The molecule has 0 aliphatic rings. The molecular weight excluding hydrogens is 140 g/mol. The number of hydrogen-bond acceptors (Lipinski definition) is 4. The van der Waals surface area contributed by atoms with Crippen molar-refractivity contribution in [1.29, 1.82) is 0 Å². The van der Waals surface area contributed by atoms with E-state index in [9.17, 15) is 4.79 Å². The topological polar surface area (TPSA) is 55.8 Å². The summed E-state index contributed by atoms with van der Waals surface area (Å²) in [7, 11) is -0.121. The fourth-order valence-electron chi connectivity index (χ4n) is 0.346. The molecule has 0 unspecified atom stereocenters. The molecule has 0 bridgehead atoms. The lowest BCUT2D eigenvalue weighted by Crippen LogP contribution is -2.46. The molecule has 0 aromatic rings. The summed E-state index contributed by atoms with van der Waals surface area (Å²) in [5, 5.41) is 8.56. The van der Waals surface area contributed by atoms with Gasteiger partial charge in [-0.3, -0.25) is 0 Å². The van der Waals surface area contributed by atoms with Crippen LogP contribution in [0.2, 0.25) is 0 Å². The molecule has 0 amide bonds. The molecule has 9 heavy (non-hydrogen) atoms. The SMILES string of the molecule is CO[Si](C=O)(CO)OC. The fourth-order valence-corrected chi connectivity index (χ4v) is 1.04. The van der Waals surface area contributed by atoms with E-state index in [2.05, 4.69) is 8.85 Å². The first-order valence-corrected chi connectivity index (χ1v) is 4.52. The zero-order valence-corrected chi connectivity index (χ0v) is 6.46. The van der Waals surface area contributed by atoms with Gasteiger partial charge >= 0.3 is 8.56 Å². The second kappa shape index (κ2) is 3.73. The highest BCUT2D eigenvalue weighted by Crippen LogP contribution is 1.97. The van der Waals surface area contributed by atoms with Crippen molar-refractivity contribution < 1.29 is 18.8 Å². The van der Waals surface area contributed by atoms with Crippen molar-refractivity contribution in [2.45, 2.75) is 0 Å². The Morgan fingerprint density at radius 2 is 2.00 bits per heavy atom. The first kappa shape index (κ1) is 8.77. The predicted octanol–water partition coefficient (Wildman–Crippen LogP) is -0.975. The molecule has 0 aromatic carbocycles. The van der Waals surface area contributed by atoms with E-state index >= 15 is 0 Å². The number of carbonyl (C=O) groups is 1. The first-order chi connectivity index (χ1) is 4.24. The molecule has 0 fully saturated rings. The van der Waals surface area contributed by atoms with Gasteiger partial charge in [-0.2, -0.15) is 0 Å². The van der Waals surface area contributed by atoms with E-state index in [-0.39, 0.29) is 6.23 Å². The average Bonchev–Trinajstić information content (AvgIpc) is 1.95. The van der Waals surface area contributed by atoms with Gasteiger partial charge in [-0.05, 0) is 0 Å².